The quantitative estimate of drug-likeness (QED) is 0.275. The zero-order valence-electron chi connectivity index (χ0n) is 21.1. The van der Waals surface area contributed by atoms with Gasteiger partial charge in [-0.25, -0.2) is 0 Å². The number of rotatable bonds is 4. The summed E-state index contributed by atoms with van der Waals surface area (Å²) in [5.74, 6) is 0.556. The molecule has 0 amide bonds. The molecule has 0 aliphatic heterocycles. The first-order valence-electron chi connectivity index (χ1n) is 12.2. The number of aryl methyl sites for hydroxylation is 4. The molecule has 0 fully saturated rings. The standard InChI is InChI=1S/C34H30O2/c1-21-8-10-23(3)29(16-21)31-19-27(12-14-33(31)35)25-6-5-7-26(18-25)28-13-15-34(36)32(20-28)30-17-22(2)9-11-24(30)4/h5-20,35-36H,1-4H3. The molecule has 0 radical (unpaired) electrons. The van der Waals surface area contributed by atoms with Crippen molar-refractivity contribution in [3.05, 3.63) is 119 Å². The molecule has 5 aromatic carbocycles. The lowest BCUT2D eigenvalue weighted by molar-refractivity contribution is 0.477. The van der Waals surface area contributed by atoms with Crippen molar-refractivity contribution in [2.75, 3.05) is 0 Å². The van der Waals surface area contributed by atoms with Gasteiger partial charge in [-0.3, -0.25) is 0 Å². The maximum atomic E-state index is 10.7. The van der Waals surface area contributed by atoms with E-state index in [1.54, 1.807) is 12.1 Å². The van der Waals surface area contributed by atoms with E-state index in [4.69, 9.17) is 0 Å². The molecule has 0 aromatic heterocycles. The van der Waals surface area contributed by atoms with Gasteiger partial charge in [-0.15, -0.1) is 0 Å². The minimum absolute atomic E-state index is 0.278. The largest absolute Gasteiger partial charge is 0.507 e. The van der Waals surface area contributed by atoms with Gasteiger partial charge in [0.25, 0.3) is 0 Å². The molecule has 0 unspecified atom stereocenters. The van der Waals surface area contributed by atoms with Crippen LogP contribution in [0.3, 0.4) is 0 Å². The summed E-state index contributed by atoms with van der Waals surface area (Å²) < 4.78 is 0. The maximum Gasteiger partial charge on any atom is 0.123 e. The van der Waals surface area contributed by atoms with Crippen LogP contribution in [0.2, 0.25) is 0 Å². The molecule has 178 valence electrons. The topological polar surface area (TPSA) is 40.5 Å². The molecule has 5 aromatic rings. The molecule has 0 heterocycles. The molecule has 0 aliphatic rings. The Morgan fingerprint density at radius 1 is 0.389 bits per heavy atom. The summed E-state index contributed by atoms with van der Waals surface area (Å²) >= 11 is 0. The lowest BCUT2D eigenvalue weighted by atomic mass is 9.92. The third kappa shape index (κ3) is 4.50. The molecule has 0 saturated heterocycles. The molecule has 0 aliphatic carbocycles. The minimum Gasteiger partial charge on any atom is -0.507 e. The molecule has 0 atom stereocenters. The van der Waals surface area contributed by atoms with Crippen LogP contribution in [0.25, 0.3) is 44.5 Å². The van der Waals surface area contributed by atoms with E-state index >= 15 is 0 Å². The Morgan fingerprint density at radius 2 is 0.806 bits per heavy atom. The van der Waals surface area contributed by atoms with Crippen molar-refractivity contribution in [3.63, 3.8) is 0 Å². The van der Waals surface area contributed by atoms with Crippen LogP contribution in [0.5, 0.6) is 11.5 Å². The van der Waals surface area contributed by atoms with Crippen molar-refractivity contribution in [3.8, 4) is 56.0 Å². The lowest BCUT2D eigenvalue weighted by Gasteiger charge is -2.14. The number of benzene rings is 5. The molecule has 2 N–H and O–H groups in total. The fraction of sp³-hybridized carbons (Fsp3) is 0.118. The maximum absolute atomic E-state index is 10.7. The average Bonchev–Trinajstić information content (AvgIpc) is 2.88. The SMILES string of the molecule is Cc1ccc(C)c(-c2cc(-c3cccc(-c4ccc(O)c(-c5cc(C)ccc5C)c4)c3)ccc2O)c1. The zero-order chi connectivity index (χ0) is 25.4. The molecular formula is C34H30O2. The van der Waals surface area contributed by atoms with Crippen LogP contribution >= 0.6 is 0 Å². The highest BCUT2D eigenvalue weighted by Gasteiger charge is 2.13. The second-order valence-corrected chi connectivity index (χ2v) is 9.68. The number of hydrogen-bond donors (Lipinski definition) is 2. The minimum atomic E-state index is 0.278. The van der Waals surface area contributed by atoms with E-state index in [0.717, 1.165) is 66.8 Å². The van der Waals surface area contributed by atoms with Crippen molar-refractivity contribution in [1.29, 1.82) is 0 Å². The number of phenolic OH excluding ortho intramolecular Hbond substituents is 2. The van der Waals surface area contributed by atoms with E-state index in [2.05, 4.69) is 100 Å². The molecule has 0 spiro atoms. The summed E-state index contributed by atoms with van der Waals surface area (Å²) in [4.78, 5) is 0. The summed E-state index contributed by atoms with van der Waals surface area (Å²) in [5, 5.41) is 21.3. The van der Waals surface area contributed by atoms with E-state index in [9.17, 15) is 10.2 Å². The van der Waals surface area contributed by atoms with Gasteiger partial charge in [0.05, 0.1) is 0 Å². The predicted octanol–water partition coefficient (Wildman–Crippen LogP) is 9.00. The molecule has 2 nitrogen and oxygen atoms in total. The first kappa shape index (κ1) is 23.4. The van der Waals surface area contributed by atoms with Crippen LogP contribution in [0, 0.1) is 27.7 Å². The third-order valence-corrected chi connectivity index (χ3v) is 6.89. The van der Waals surface area contributed by atoms with Gasteiger partial charge in [-0.05, 0) is 103 Å². The zero-order valence-corrected chi connectivity index (χ0v) is 21.1. The molecule has 5 rings (SSSR count). The molecule has 0 bridgehead atoms. The first-order valence-corrected chi connectivity index (χ1v) is 12.2. The molecule has 0 saturated carbocycles. The monoisotopic (exact) mass is 470 g/mol. The van der Waals surface area contributed by atoms with Gasteiger partial charge in [0.2, 0.25) is 0 Å². The summed E-state index contributed by atoms with van der Waals surface area (Å²) in [5.41, 5.74) is 12.6. The smallest absolute Gasteiger partial charge is 0.123 e. The van der Waals surface area contributed by atoms with Crippen LogP contribution in [-0.4, -0.2) is 10.2 Å². The Labute approximate surface area is 213 Å². The van der Waals surface area contributed by atoms with E-state index in [-0.39, 0.29) is 11.5 Å². The predicted molar refractivity (Wildman–Crippen MR) is 150 cm³/mol. The van der Waals surface area contributed by atoms with E-state index in [1.807, 2.05) is 12.1 Å². The van der Waals surface area contributed by atoms with E-state index in [0.29, 0.717) is 0 Å². The summed E-state index contributed by atoms with van der Waals surface area (Å²) in [6, 6.07) is 32.6. The van der Waals surface area contributed by atoms with E-state index in [1.165, 1.54) is 0 Å². The van der Waals surface area contributed by atoms with Crippen molar-refractivity contribution >= 4 is 0 Å². The fourth-order valence-electron chi connectivity index (χ4n) is 4.79. The van der Waals surface area contributed by atoms with Gasteiger partial charge < -0.3 is 10.2 Å². The fourth-order valence-corrected chi connectivity index (χ4v) is 4.79. The lowest BCUT2D eigenvalue weighted by Crippen LogP contribution is -1.89. The van der Waals surface area contributed by atoms with Gasteiger partial charge in [-0.1, -0.05) is 77.9 Å². The van der Waals surface area contributed by atoms with E-state index < -0.39 is 0 Å². The first-order chi connectivity index (χ1) is 17.3. The van der Waals surface area contributed by atoms with Crippen LogP contribution < -0.4 is 0 Å². The Morgan fingerprint density at radius 3 is 1.25 bits per heavy atom. The molecular weight excluding hydrogens is 440 g/mol. The van der Waals surface area contributed by atoms with Crippen molar-refractivity contribution in [2.24, 2.45) is 0 Å². The van der Waals surface area contributed by atoms with Crippen molar-refractivity contribution in [1.82, 2.24) is 0 Å². The van der Waals surface area contributed by atoms with Gasteiger partial charge in [-0.2, -0.15) is 0 Å². The van der Waals surface area contributed by atoms with Gasteiger partial charge in [0.1, 0.15) is 11.5 Å². The highest BCUT2D eigenvalue weighted by Crippen LogP contribution is 2.39. The van der Waals surface area contributed by atoms with Crippen molar-refractivity contribution < 1.29 is 10.2 Å². The Kier molecular flexibility index (Phi) is 6.12. The number of aromatic hydroxyl groups is 2. The van der Waals surface area contributed by atoms with Crippen LogP contribution in [0.4, 0.5) is 0 Å². The normalized spacial score (nSPS) is 11.0. The molecule has 2 heteroatoms. The summed E-state index contributed by atoms with van der Waals surface area (Å²) in [7, 11) is 0. The number of hydrogen-bond acceptors (Lipinski definition) is 2. The van der Waals surface area contributed by atoms with Gasteiger partial charge in [0, 0.05) is 11.1 Å². The van der Waals surface area contributed by atoms with Crippen molar-refractivity contribution in [2.45, 2.75) is 27.7 Å². The highest BCUT2D eigenvalue weighted by molar-refractivity contribution is 5.83. The number of phenols is 2. The Balaban J connectivity index is 1.58. The Hall–Kier alpha value is -4.30. The Bertz CT molecular complexity index is 1480. The summed E-state index contributed by atoms with van der Waals surface area (Å²) in [6.07, 6.45) is 0. The van der Waals surface area contributed by atoms with Gasteiger partial charge in [0.15, 0.2) is 0 Å². The van der Waals surface area contributed by atoms with Crippen LogP contribution in [0.1, 0.15) is 22.3 Å². The van der Waals surface area contributed by atoms with Gasteiger partial charge >= 0.3 is 0 Å². The second kappa shape index (κ2) is 9.39. The van der Waals surface area contributed by atoms with Crippen LogP contribution in [0.15, 0.2) is 97.1 Å². The van der Waals surface area contributed by atoms with Crippen LogP contribution in [-0.2, 0) is 0 Å². The molecule has 36 heavy (non-hydrogen) atoms. The highest BCUT2D eigenvalue weighted by atomic mass is 16.3. The summed E-state index contributed by atoms with van der Waals surface area (Å²) in [6.45, 7) is 8.27. The second-order valence-electron chi connectivity index (χ2n) is 9.68. The third-order valence-electron chi connectivity index (χ3n) is 6.89. The average molecular weight is 471 g/mol.